The number of para-hydroxylation sites is 1. The highest BCUT2D eigenvalue weighted by Crippen LogP contribution is 2.27. The maximum atomic E-state index is 12.3. The molecule has 2 rings (SSSR count). The molecule has 1 aromatic heterocycles. The number of nitrogens with one attached hydrogen (secondary N) is 3. The summed E-state index contributed by atoms with van der Waals surface area (Å²) in [4.78, 5) is 12.3. The number of aryl methyl sites for hydroxylation is 2. The van der Waals surface area contributed by atoms with Crippen molar-refractivity contribution < 1.29 is 4.79 Å². The van der Waals surface area contributed by atoms with Crippen LogP contribution in [0.1, 0.15) is 49.2 Å². The number of H-pyrrole nitrogens is 1. The van der Waals surface area contributed by atoms with Gasteiger partial charge in [0.1, 0.15) is 0 Å². The van der Waals surface area contributed by atoms with E-state index in [0.717, 1.165) is 29.1 Å². The standard InChI is InChI=1S/C19H28N4O/c1-12(2)17-8-6-7-13(3)19(17)21-18(24)11-20-14(4)9-16-10-15(5)22-23-16/h6-8,10,12,14,20H,9,11H2,1-5H3,(H,21,24)(H,22,23). The molecule has 5 heteroatoms. The number of nitrogens with zero attached hydrogens (tertiary/aromatic N) is 1. The summed E-state index contributed by atoms with van der Waals surface area (Å²) in [7, 11) is 0. The number of benzene rings is 1. The summed E-state index contributed by atoms with van der Waals surface area (Å²) in [5.41, 5.74) is 5.26. The molecule has 5 nitrogen and oxygen atoms in total. The molecule has 0 bridgehead atoms. The lowest BCUT2D eigenvalue weighted by atomic mass is 9.98. The number of amides is 1. The van der Waals surface area contributed by atoms with E-state index in [1.807, 2.05) is 32.0 Å². The summed E-state index contributed by atoms with van der Waals surface area (Å²) < 4.78 is 0. The van der Waals surface area contributed by atoms with Gasteiger partial charge in [-0.15, -0.1) is 0 Å². The Kier molecular flexibility index (Phi) is 6.15. The van der Waals surface area contributed by atoms with Gasteiger partial charge in [0.25, 0.3) is 0 Å². The number of anilines is 1. The van der Waals surface area contributed by atoms with Crippen LogP contribution < -0.4 is 10.6 Å². The predicted octanol–water partition coefficient (Wildman–Crippen LogP) is 3.31. The van der Waals surface area contributed by atoms with Crippen LogP contribution in [0.25, 0.3) is 0 Å². The van der Waals surface area contributed by atoms with Crippen LogP contribution >= 0.6 is 0 Å². The van der Waals surface area contributed by atoms with Crippen molar-refractivity contribution >= 4 is 11.6 Å². The lowest BCUT2D eigenvalue weighted by Gasteiger charge is -2.17. The third-order valence-electron chi connectivity index (χ3n) is 4.08. The molecule has 0 saturated heterocycles. The fourth-order valence-corrected chi connectivity index (χ4v) is 2.76. The van der Waals surface area contributed by atoms with Gasteiger partial charge in [-0.25, -0.2) is 0 Å². The van der Waals surface area contributed by atoms with Crippen LogP contribution in [0, 0.1) is 13.8 Å². The fourth-order valence-electron chi connectivity index (χ4n) is 2.76. The maximum Gasteiger partial charge on any atom is 0.238 e. The molecule has 1 atom stereocenters. The van der Waals surface area contributed by atoms with Crippen LogP contribution in [-0.2, 0) is 11.2 Å². The van der Waals surface area contributed by atoms with E-state index in [0.29, 0.717) is 5.92 Å². The van der Waals surface area contributed by atoms with Gasteiger partial charge in [0.05, 0.1) is 12.2 Å². The first-order valence-corrected chi connectivity index (χ1v) is 8.50. The summed E-state index contributed by atoms with van der Waals surface area (Å²) in [5.74, 6) is 0.353. The Bertz CT molecular complexity index is 690. The Balaban J connectivity index is 1.89. The molecule has 24 heavy (non-hydrogen) atoms. The van der Waals surface area contributed by atoms with Gasteiger partial charge in [-0.2, -0.15) is 5.10 Å². The van der Waals surface area contributed by atoms with Crippen molar-refractivity contribution in [1.29, 1.82) is 0 Å². The predicted molar refractivity (Wildman–Crippen MR) is 98.4 cm³/mol. The summed E-state index contributed by atoms with van der Waals surface area (Å²) in [6.07, 6.45) is 0.791. The highest BCUT2D eigenvalue weighted by Gasteiger charge is 2.13. The Labute approximate surface area is 144 Å². The minimum atomic E-state index is -0.0174. The SMILES string of the molecule is Cc1cc(CC(C)NCC(=O)Nc2c(C)cccc2C(C)C)n[nH]1. The summed E-state index contributed by atoms with van der Waals surface area (Å²) in [6, 6.07) is 8.34. The first-order chi connectivity index (χ1) is 11.4. The fraction of sp³-hybridized carbons (Fsp3) is 0.474. The molecule has 0 aliphatic heterocycles. The molecule has 130 valence electrons. The molecule has 0 aliphatic carbocycles. The smallest absolute Gasteiger partial charge is 0.238 e. The Hall–Kier alpha value is -2.14. The van der Waals surface area contributed by atoms with Gasteiger partial charge in [0, 0.05) is 23.8 Å². The zero-order valence-corrected chi connectivity index (χ0v) is 15.2. The first-order valence-electron chi connectivity index (χ1n) is 8.50. The number of carbonyl (C=O) groups is 1. The third-order valence-corrected chi connectivity index (χ3v) is 4.08. The summed E-state index contributed by atoms with van der Waals surface area (Å²) >= 11 is 0. The van der Waals surface area contributed by atoms with E-state index in [1.165, 1.54) is 5.56 Å². The van der Waals surface area contributed by atoms with Crippen LogP contribution in [-0.4, -0.2) is 28.7 Å². The lowest BCUT2D eigenvalue weighted by Crippen LogP contribution is -2.36. The molecule has 0 radical (unpaired) electrons. The highest BCUT2D eigenvalue weighted by atomic mass is 16.1. The minimum absolute atomic E-state index is 0.0174. The van der Waals surface area contributed by atoms with E-state index in [2.05, 4.69) is 47.7 Å². The van der Waals surface area contributed by atoms with Crippen LogP contribution in [0.5, 0.6) is 0 Å². The van der Waals surface area contributed by atoms with Gasteiger partial charge in [-0.1, -0.05) is 32.0 Å². The van der Waals surface area contributed by atoms with E-state index in [9.17, 15) is 4.79 Å². The molecule has 3 N–H and O–H groups in total. The zero-order valence-electron chi connectivity index (χ0n) is 15.2. The molecule has 0 saturated carbocycles. The van der Waals surface area contributed by atoms with Crippen molar-refractivity contribution in [3.8, 4) is 0 Å². The second-order valence-corrected chi connectivity index (χ2v) is 6.77. The Morgan fingerprint density at radius 2 is 2.00 bits per heavy atom. The van der Waals surface area contributed by atoms with E-state index in [-0.39, 0.29) is 18.5 Å². The normalized spacial score (nSPS) is 12.4. The highest BCUT2D eigenvalue weighted by molar-refractivity contribution is 5.93. The van der Waals surface area contributed by atoms with Crippen LogP contribution in [0.3, 0.4) is 0 Å². The van der Waals surface area contributed by atoms with Crippen molar-refractivity contribution in [2.75, 3.05) is 11.9 Å². The van der Waals surface area contributed by atoms with Crippen LogP contribution in [0.2, 0.25) is 0 Å². The van der Waals surface area contributed by atoms with Crippen molar-refractivity contribution in [2.45, 2.75) is 53.0 Å². The molecule has 0 spiro atoms. The van der Waals surface area contributed by atoms with E-state index in [4.69, 9.17) is 0 Å². The first kappa shape index (κ1) is 18.2. The number of hydrogen-bond acceptors (Lipinski definition) is 3. The maximum absolute atomic E-state index is 12.3. The van der Waals surface area contributed by atoms with E-state index in [1.54, 1.807) is 0 Å². The van der Waals surface area contributed by atoms with E-state index >= 15 is 0 Å². The van der Waals surface area contributed by atoms with E-state index < -0.39 is 0 Å². The third kappa shape index (κ3) is 4.93. The van der Waals surface area contributed by atoms with Crippen molar-refractivity contribution in [3.05, 3.63) is 46.8 Å². The molecule has 2 aromatic rings. The topological polar surface area (TPSA) is 69.8 Å². The molecular formula is C19H28N4O. The van der Waals surface area contributed by atoms with Gasteiger partial charge < -0.3 is 10.6 Å². The van der Waals surface area contributed by atoms with Gasteiger partial charge in [-0.05, 0) is 43.9 Å². The molecule has 0 aliphatic rings. The number of hydrogen-bond donors (Lipinski definition) is 3. The monoisotopic (exact) mass is 328 g/mol. The Morgan fingerprint density at radius 1 is 1.25 bits per heavy atom. The number of aromatic nitrogens is 2. The molecule has 1 heterocycles. The zero-order chi connectivity index (χ0) is 17.7. The van der Waals surface area contributed by atoms with Gasteiger partial charge in [0.15, 0.2) is 0 Å². The second kappa shape index (κ2) is 8.11. The number of carbonyl (C=O) groups excluding carboxylic acids is 1. The molecule has 1 aromatic carbocycles. The summed E-state index contributed by atoms with van der Waals surface area (Å²) in [6.45, 7) is 10.6. The van der Waals surface area contributed by atoms with Gasteiger partial charge >= 0.3 is 0 Å². The number of aromatic amines is 1. The lowest BCUT2D eigenvalue weighted by molar-refractivity contribution is -0.115. The van der Waals surface area contributed by atoms with Crippen LogP contribution in [0.15, 0.2) is 24.3 Å². The second-order valence-electron chi connectivity index (χ2n) is 6.77. The summed E-state index contributed by atoms with van der Waals surface area (Å²) in [5, 5.41) is 13.5. The van der Waals surface area contributed by atoms with Crippen molar-refractivity contribution in [1.82, 2.24) is 15.5 Å². The van der Waals surface area contributed by atoms with Crippen LogP contribution in [0.4, 0.5) is 5.69 Å². The van der Waals surface area contributed by atoms with Crippen molar-refractivity contribution in [2.24, 2.45) is 0 Å². The quantitative estimate of drug-likeness (QED) is 0.730. The van der Waals surface area contributed by atoms with Gasteiger partial charge in [-0.3, -0.25) is 9.89 Å². The Morgan fingerprint density at radius 3 is 2.62 bits per heavy atom. The molecule has 1 unspecified atom stereocenters. The minimum Gasteiger partial charge on any atom is -0.324 e. The molecular weight excluding hydrogens is 300 g/mol. The average molecular weight is 328 g/mol. The largest absolute Gasteiger partial charge is 0.324 e. The number of rotatable bonds is 7. The molecule has 0 fully saturated rings. The van der Waals surface area contributed by atoms with Crippen molar-refractivity contribution in [3.63, 3.8) is 0 Å². The molecule has 1 amide bonds. The van der Waals surface area contributed by atoms with Gasteiger partial charge in [0.2, 0.25) is 5.91 Å². The average Bonchev–Trinajstić information content (AvgIpc) is 2.92.